The molecule has 0 saturated heterocycles. The molecule has 0 saturated carbocycles. The Hall–Kier alpha value is -0.860. The van der Waals surface area contributed by atoms with E-state index in [2.05, 4.69) is 10.2 Å². The van der Waals surface area contributed by atoms with Crippen LogP contribution in [0.3, 0.4) is 0 Å². The van der Waals surface area contributed by atoms with Gasteiger partial charge in [-0.05, 0) is 5.41 Å². The lowest BCUT2D eigenvalue weighted by Crippen LogP contribution is -2.24. The van der Waals surface area contributed by atoms with Gasteiger partial charge in [0.1, 0.15) is 11.8 Å². The van der Waals surface area contributed by atoms with Crippen LogP contribution in [0.4, 0.5) is 0 Å². The van der Waals surface area contributed by atoms with Crippen molar-refractivity contribution in [2.45, 2.75) is 26.8 Å². The summed E-state index contributed by atoms with van der Waals surface area (Å²) in [5.74, 6) is 0.271. The van der Waals surface area contributed by atoms with Crippen LogP contribution >= 0.6 is 0 Å². The molecule has 0 aliphatic carbocycles. The van der Waals surface area contributed by atoms with Gasteiger partial charge in [-0.25, -0.2) is 0 Å². The van der Waals surface area contributed by atoms with Crippen molar-refractivity contribution in [2.24, 2.45) is 15.6 Å². The molecule has 0 radical (unpaired) electrons. The van der Waals surface area contributed by atoms with Gasteiger partial charge in [0, 0.05) is 0 Å². The molecule has 1 heterocycles. The van der Waals surface area contributed by atoms with Crippen molar-refractivity contribution >= 4 is 0 Å². The molecule has 10 heavy (non-hydrogen) atoms. The van der Waals surface area contributed by atoms with Gasteiger partial charge in [0.15, 0.2) is 0 Å². The minimum atomic E-state index is -0.146. The highest BCUT2D eigenvalue weighted by Gasteiger charge is 2.30. The van der Waals surface area contributed by atoms with E-state index in [9.17, 15) is 5.11 Å². The zero-order valence-electron chi connectivity index (χ0n) is 6.50. The lowest BCUT2D eigenvalue weighted by Gasteiger charge is -2.22. The second-order valence-corrected chi connectivity index (χ2v) is 3.55. The van der Waals surface area contributed by atoms with Crippen LogP contribution in [-0.4, -0.2) is 11.1 Å². The monoisotopic (exact) mass is 140 g/mol. The third-order valence-corrected chi connectivity index (χ3v) is 1.47. The standard InChI is InChI=1S/C7H12N2O/c1-7(2,3)6-5(10)4-8-9-6/h4,6,10H,1-3H3. The summed E-state index contributed by atoms with van der Waals surface area (Å²) >= 11 is 0. The molecule has 0 aromatic rings. The summed E-state index contributed by atoms with van der Waals surface area (Å²) in [5, 5.41) is 16.7. The van der Waals surface area contributed by atoms with Crippen molar-refractivity contribution in [1.82, 2.24) is 0 Å². The third-order valence-electron chi connectivity index (χ3n) is 1.47. The lowest BCUT2D eigenvalue weighted by molar-refractivity contribution is 0.268. The molecule has 0 fully saturated rings. The van der Waals surface area contributed by atoms with E-state index in [0.29, 0.717) is 0 Å². The number of azo groups is 1. The Bertz CT molecular complexity index is 188. The molecule has 3 heteroatoms. The fourth-order valence-corrected chi connectivity index (χ4v) is 0.906. The van der Waals surface area contributed by atoms with Crippen LogP contribution < -0.4 is 0 Å². The molecule has 1 rings (SSSR count). The molecule has 0 bridgehead atoms. The molecule has 1 aliphatic rings. The van der Waals surface area contributed by atoms with E-state index in [0.717, 1.165) is 0 Å². The Morgan fingerprint density at radius 2 is 2.10 bits per heavy atom. The normalized spacial score (nSPS) is 25.1. The van der Waals surface area contributed by atoms with Gasteiger partial charge in [-0.3, -0.25) is 0 Å². The average Bonchev–Trinajstić information content (AvgIpc) is 2.11. The quantitative estimate of drug-likeness (QED) is 0.551. The lowest BCUT2D eigenvalue weighted by atomic mass is 9.87. The van der Waals surface area contributed by atoms with E-state index in [4.69, 9.17) is 0 Å². The first-order valence-corrected chi connectivity index (χ1v) is 3.31. The number of aliphatic hydroxyl groups is 1. The minimum absolute atomic E-state index is 0.0272. The maximum absolute atomic E-state index is 9.20. The van der Waals surface area contributed by atoms with Gasteiger partial charge in [-0.2, -0.15) is 10.2 Å². The van der Waals surface area contributed by atoms with Crippen molar-refractivity contribution in [3.8, 4) is 0 Å². The molecule has 1 N–H and O–H groups in total. The number of hydrogen-bond donors (Lipinski definition) is 1. The first kappa shape index (κ1) is 7.25. The molecular formula is C7H12N2O. The maximum atomic E-state index is 9.20. The van der Waals surface area contributed by atoms with E-state index in [1.54, 1.807) is 0 Å². The van der Waals surface area contributed by atoms with Crippen LogP contribution in [0, 0.1) is 5.41 Å². The van der Waals surface area contributed by atoms with Crippen LogP contribution in [0.2, 0.25) is 0 Å². The summed E-state index contributed by atoms with van der Waals surface area (Å²) in [4.78, 5) is 0. The van der Waals surface area contributed by atoms with E-state index >= 15 is 0 Å². The summed E-state index contributed by atoms with van der Waals surface area (Å²) < 4.78 is 0. The van der Waals surface area contributed by atoms with Crippen LogP contribution in [0.1, 0.15) is 20.8 Å². The van der Waals surface area contributed by atoms with E-state index in [-0.39, 0.29) is 17.2 Å². The largest absolute Gasteiger partial charge is 0.508 e. The van der Waals surface area contributed by atoms with Crippen molar-refractivity contribution in [3.63, 3.8) is 0 Å². The molecule has 0 aromatic heterocycles. The summed E-state index contributed by atoms with van der Waals surface area (Å²) in [7, 11) is 0. The van der Waals surface area contributed by atoms with Crippen LogP contribution in [0.25, 0.3) is 0 Å². The fourth-order valence-electron chi connectivity index (χ4n) is 0.906. The average molecular weight is 140 g/mol. The zero-order valence-corrected chi connectivity index (χ0v) is 6.50. The van der Waals surface area contributed by atoms with Crippen LogP contribution in [0.15, 0.2) is 22.2 Å². The number of nitrogens with zero attached hydrogens (tertiary/aromatic N) is 2. The predicted octanol–water partition coefficient (Wildman–Crippen LogP) is 2.27. The summed E-state index contributed by atoms with van der Waals surface area (Å²) in [5.41, 5.74) is -0.0272. The smallest absolute Gasteiger partial charge is 0.139 e. The highest BCUT2D eigenvalue weighted by atomic mass is 16.3. The van der Waals surface area contributed by atoms with Crippen LogP contribution in [-0.2, 0) is 0 Å². The van der Waals surface area contributed by atoms with E-state index in [1.165, 1.54) is 6.20 Å². The summed E-state index contributed by atoms with van der Waals surface area (Å²) in [6, 6.07) is -0.146. The number of hydrogen-bond acceptors (Lipinski definition) is 3. The zero-order chi connectivity index (χ0) is 7.78. The highest BCUT2D eigenvalue weighted by molar-refractivity contribution is 5.08. The van der Waals surface area contributed by atoms with Crippen molar-refractivity contribution < 1.29 is 5.11 Å². The predicted molar refractivity (Wildman–Crippen MR) is 38.8 cm³/mol. The van der Waals surface area contributed by atoms with E-state index in [1.807, 2.05) is 20.8 Å². The van der Waals surface area contributed by atoms with Gasteiger partial charge in [-0.15, -0.1) is 0 Å². The molecule has 3 nitrogen and oxygen atoms in total. The number of aliphatic hydroxyl groups excluding tert-OH is 1. The maximum Gasteiger partial charge on any atom is 0.139 e. The van der Waals surface area contributed by atoms with Crippen molar-refractivity contribution in [3.05, 3.63) is 12.0 Å². The molecule has 0 amide bonds. The third kappa shape index (κ3) is 1.17. The van der Waals surface area contributed by atoms with Crippen LogP contribution in [0.5, 0.6) is 0 Å². The Balaban J connectivity index is 2.76. The molecule has 56 valence electrons. The molecule has 0 spiro atoms. The molecule has 1 aliphatic heterocycles. The minimum Gasteiger partial charge on any atom is -0.508 e. The van der Waals surface area contributed by atoms with Gasteiger partial charge in [0.2, 0.25) is 0 Å². The first-order valence-electron chi connectivity index (χ1n) is 3.31. The Labute approximate surface area is 60.5 Å². The molecule has 1 atom stereocenters. The second-order valence-electron chi connectivity index (χ2n) is 3.55. The van der Waals surface area contributed by atoms with Gasteiger partial charge >= 0.3 is 0 Å². The SMILES string of the molecule is CC(C)(C)C1N=NC=C1O. The highest BCUT2D eigenvalue weighted by Crippen LogP contribution is 2.29. The Kier molecular flexibility index (Phi) is 1.50. The van der Waals surface area contributed by atoms with Gasteiger partial charge in [0.05, 0.1) is 6.20 Å². The molecular weight excluding hydrogens is 128 g/mol. The Morgan fingerprint density at radius 1 is 1.50 bits per heavy atom. The topological polar surface area (TPSA) is 45.0 Å². The summed E-state index contributed by atoms with van der Waals surface area (Å²) in [6.07, 6.45) is 1.40. The Morgan fingerprint density at radius 3 is 2.30 bits per heavy atom. The van der Waals surface area contributed by atoms with E-state index < -0.39 is 0 Å². The van der Waals surface area contributed by atoms with Crippen molar-refractivity contribution in [1.29, 1.82) is 0 Å². The van der Waals surface area contributed by atoms with Gasteiger partial charge in [-0.1, -0.05) is 20.8 Å². The fraction of sp³-hybridized carbons (Fsp3) is 0.714. The first-order chi connectivity index (χ1) is 4.52. The second kappa shape index (κ2) is 2.08. The summed E-state index contributed by atoms with van der Waals surface area (Å²) in [6.45, 7) is 6.06. The number of rotatable bonds is 0. The van der Waals surface area contributed by atoms with Crippen molar-refractivity contribution in [2.75, 3.05) is 0 Å². The van der Waals surface area contributed by atoms with Gasteiger partial charge in [0.25, 0.3) is 0 Å². The molecule has 1 unspecified atom stereocenters. The molecule has 0 aromatic carbocycles. The van der Waals surface area contributed by atoms with Gasteiger partial charge < -0.3 is 5.11 Å².